The van der Waals surface area contributed by atoms with Crippen LogP contribution in [0, 0.1) is 5.82 Å². The molecule has 3 N–H and O–H groups in total. The maximum atomic E-state index is 13.5. The summed E-state index contributed by atoms with van der Waals surface area (Å²) in [5.74, 6) is 7.70. The van der Waals surface area contributed by atoms with Crippen LogP contribution in [0.1, 0.15) is 24.9 Å². The number of thioether (sulfide) groups is 2. The second-order valence-electron chi connectivity index (χ2n) is 4.46. The average Bonchev–Trinajstić information content (AvgIpc) is 2.44. The standard InChI is InChI=1S/C13H18ClFN2S2/c1-2-11-13(19-6-5-18-11)12(17-16)9-7-8(15)3-4-10(9)14/h3-4,7,11-13,17H,2,5-6,16H2,1H3. The highest BCUT2D eigenvalue weighted by molar-refractivity contribution is 8.07. The third-order valence-electron chi connectivity index (χ3n) is 3.30. The van der Waals surface area contributed by atoms with Gasteiger partial charge in [-0.1, -0.05) is 18.5 Å². The minimum Gasteiger partial charge on any atom is -0.271 e. The number of nitrogens with one attached hydrogen (secondary N) is 1. The van der Waals surface area contributed by atoms with Crippen molar-refractivity contribution in [1.29, 1.82) is 0 Å². The maximum Gasteiger partial charge on any atom is 0.123 e. The van der Waals surface area contributed by atoms with E-state index >= 15 is 0 Å². The number of hydrazine groups is 1. The monoisotopic (exact) mass is 320 g/mol. The van der Waals surface area contributed by atoms with Crippen LogP contribution in [-0.4, -0.2) is 22.0 Å². The molecule has 19 heavy (non-hydrogen) atoms. The summed E-state index contributed by atoms with van der Waals surface area (Å²) in [5, 5.41) is 1.39. The Balaban J connectivity index is 2.29. The molecule has 6 heteroatoms. The van der Waals surface area contributed by atoms with Crippen molar-refractivity contribution >= 4 is 35.1 Å². The minimum absolute atomic E-state index is 0.119. The van der Waals surface area contributed by atoms with Gasteiger partial charge in [-0.3, -0.25) is 11.3 Å². The smallest absolute Gasteiger partial charge is 0.123 e. The molecule has 0 saturated carbocycles. The summed E-state index contributed by atoms with van der Waals surface area (Å²) in [7, 11) is 0. The lowest BCUT2D eigenvalue weighted by molar-refractivity contribution is 0.509. The largest absolute Gasteiger partial charge is 0.271 e. The van der Waals surface area contributed by atoms with Gasteiger partial charge in [0.05, 0.1) is 6.04 Å². The van der Waals surface area contributed by atoms with Crippen molar-refractivity contribution in [2.45, 2.75) is 29.9 Å². The van der Waals surface area contributed by atoms with Crippen molar-refractivity contribution in [2.24, 2.45) is 5.84 Å². The molecule has 0 bridgehead atoms. The summed E-state index contributed by atoms with van der Waals surface area (Å²) in [6.07, 6.45) is 1.08. The Morgan fingerprint density at radius 3 is 2.89 bits per heavy atom. The minimum atomic E-state index is -0.277. The van der Waals surface area contributed by atoms with E-state index in [0.29, 0.717) is 15.5 Å². The summed E-state index contributed by atoms with van der Waals surface area (Å²) < 4.78 is 13.5. The highest BCUT2D eigenvalue weighted by Gasteiger charge is 2.33. The Morgan fingerprint density at radius 2 is 2.21 bits per heavy atom. The third kappa shape index (κ3) is 3.58. The Hall–Kier alpha value is 0.0600. The molecule has 0 aromatic heterocycles. The molecular weight excluding hydrogens is 303 g/mol. The quantitative estimate of drug-likeness (QED) is 0.656. The zero-order valence-electron chi connectivity index (χ0n) is 10.7. The molecular formula is C13H18ClFN2S2. The van der Waals surface area contributed by atoms with Gasteiger partial charge in [-0.05, 0) is 30.2 Å². The highest BCUT2D eigenvalue weighted by Crippen LogP contribution is 2.41. The number of hydrogen-bond acceptors (Lipinski definition) is 4. The first-order valence-corrected chi connectivity index (χ1v) is 8.79. The fraction of sp³-hybridized carbons (Fsp3) is 0.538. The van der Waals surface area contributed by atoms with Crippen LogP contribution in [0.5, 0.6) is 0 Å². The molecule has 1 aromatic rings. The third-order valence-corrected chi connectivity index (χ3v) is 6.99. The number of nitrogens with two attached hydrogens (primary N) is 1. The number of hydrogen-bond donors (Lipinski definition) is 2. The van der Waals surface area contributed by atoms with Crippen molar-refractivity contribution in [2.75, 3.05) is 11.5 Å². The van der Waals surface area contributed by atoms with Crippen LogP contribution in [0.15, 0.2) is 18.2 Å². The Kier molecular flexibility index (Phi) is 5.84. The van der Waals surface area contributed by atoms with Crippen LogP contribution in [0.3, 0.4) is 0 Å². The van der Waals surface area contributed by atoms with E-state index in [1.54, 1.807) is 6.07 Å². The molecule has 1 aliphatic rings. The predicted octanol–water partition coefficient (Wildman–Crippen LogP) is 3.61. The summed E-state index contributed by atoms with van der Waals surface area (Å²) in [6, 6.07) is 4.34. The zero-order chi connectivity index (χ0) is 13.8. The van der Waals surface area contributed by atoms with Gasteiger partial charge in [0.15, 0.2) is 0 Å². The molecule has 3 unspecified atom stereocenters. The van der Waals surface area contributed by atoms with Crippen LogP contribution in [0.4, 0.5) is 4.39 Å². The SMILES string of the molecule is CCC1SCCSC1C(NN)c1cc(F)ccc1Cl. The molecule has 0 radical (unpaired) electrons. The van der Waals surface area contributed by atoms with Gasteiger partial charge in [0.1, 0.15) is 5.82 Å². The lowest BCUT2D eigenvalue weighted by atomic mass is 10.0. The summed E-state index contributed by atoms with van der Waals surface area (Å²) in [5.41, 5.74) is 3.59. The Morgan fingerprint density at radius 1 is 1.47 bits per heavy atom. The summed E-state index contributed by atoms with van der Waals surface area (Å²) in [6.45, 7) is 2.18. The van der Waals surface area contributed by atoms with Gasteiger partial charge in [0, 0.05) is 27.0 Å². The van der Waals surface area contributed by atoms with Crippen LogP contribution in [0.25, 0.3) is 0 Å². The molecule has 106 valence electrons. The Labute approximate surface area is 127 Å². The van der Waals surface area contributed by atoms with Gasteiger partial charge in [0.2, 0.25) is 0 Å². The Bertz CT molecular complexity index is 433. The number of rotatable bonds is 4. The molecule has 1 aromatic carbocycles. The maximum absolute atomic E-state index is 13.5. The molecule has 1 saturated heterocycles. The van der Waals surface area contributed by atoms with Gasteiger partial charge in [-0.2, -0.15) is 23.5 Å². The molecule has 2 rings (SSSR count). The second-order valence-corrected chi connectivity index (χ2v) is 7.50. The van der Waals surface area contributed by atoms with Crippen LogP contribution >= 0.6 is 35.1 Å². The lowest BCUT2D eigenvalue weighted by Gasteiger charge is -2.36. The van der Waals surface area contributed by atoms with E-state index in [1.807, 2.05) is 23.5 Å². The normalized spacial score (nSPS) is 25.3. The molecule has 1 heterocycles. The van der Waals surface area contributed by atoms with Crippen molar-refractivity contribution in [3.63, 3.8) is 0 Å². The molecule has 2 nitrogen and oxygen atoms in total. The first-order chi connectivity index (χ1) is 9.17. The van der Waals surface area contributed by atoms with Crippen molar-refractivity contribution in [3.05, 3.63) is 34.6 Å². The van der Waals surface area contributed by atoms with Crippen molar-refractivity contribution in [1.82, 2.24) is 5.43 Å². The number of benzene rings is 1. The van der Waals surface area contributed by atoms with Crippen LogP contribution < -0.4 is 11.3 Å². The van der Waals surface area contributed by atoms with Gasteiger partial charge >= 0.3 is 0 Å². The fourth-order valence-corrected chi connectivity index (χ4v) is 5.82. The molecule has 0 aliphatic carbocycles. The highest BCUT2D eigenvalue weighted by atomic mass is 35.5. The van der Waals surface area contributed by atoms with E-state index in [1.165, 1.54) is 12.1 Å². The first kappa shape index (κ1) is 15.4. The van der Waals surface area contributed by atoms with Crippen LogP contribution in [-0.2, 0) is 0 Å². The molecule has 1 aliphatic heterocycles. The predicted molar refractivity (Wildman–Crippen MR) is 84.3 cm³/mol. The van der Waals surface area contributed by atoms with E-state index in [4.69, 9.17) is 17.4 Å². The second kappa shape index (κ2) is 7.18. The van der Waals surface area contributed by atoms with E-state index < -0.39 is 0 Å². The van der Waals surface area contributed by atoms with Gasteiger partial charge in [-0.25, -0.2) is 4.39 Å². The molecule has 0 spiro atoms. The van der Waals surface area contributed by atoms with E-state index in [9.17, 15) is 4.39 Å². The first-order valence-electron chi connectivity index (χ1n) is 6.31. The van der Waals surface area contributed by atoms with E-state index in [-0.39, 0.29) is 11.9 Å². The zero-order valence-corrected chi connectivity index (χ0v) is 13.1. The van der Waals surface area contributed by atoms with Gasteiger partial charge < -0.3 is 0 Å². The summed E-state index contributed by atoms with van der Waals surface area (Å²) in [4.78, 5) is 0. The van der Waals surface area contributed by atoms with E-state index in [0.717, 1.165) is 23.5 Å². The number of halogens is 2. The van der Waals surface area contributed by atoms with E-state index in [2.05, 4.69) is 12.3 Å². The molecule has 3 atom stereocenters. The van der Waals surface area contributed by atoms with Gasteiger partial charge in [-0.15, -0.1) is 0 Å². The van der Waals surface area contributed by atoms with Crippen LogP contribution in [0.2, 0.25) is 5.02 Å². The van der Waals surface area contributed by atoms with Gasteiger partial charge in [0.25, 0.3) is 0 Å². The molecule has 1 fully saturated rings. The van der Waals surface area contributed by atoms with Crippen molar-refractivity contribution in [3.8, 4) is 0 Å². The average molecular weight is 321 g/mol. The fourth-order valence-electron chi connectivity index (χ4n) is 2.36. The molecule has 0 amide bonds. The summed E-state index contributed by atoms with van der Waals surface area (Å²) >= 11 is 10.1. The van der Waals surface area contributed by atoms with Crippen molar-refractivity contribution < 1.29 is 4.39 Å². The topological polar surface area (TPSA) is 38.0 Å². The lowest BCUT2D eigenvalue weighted by Crippen LogP contribution is -2.41.